The number of rotatable bonds is 3. The molecule has 0 saturated heterocycles. The second kappa shape index (κ2) is 6.48. The van der Waals surface area contributed by atoms with E-state index in [1.165, 1.54) is 31.4 Å². The van der Waals surface area contributed by atoms with Crippen molar-refractivity contribution in [2.75, 3.05) is 0 Å². The summed E-state index contributed by atoms with van der Waals surface area (Å²) in [7, 11) is 0. The Morgan fingerprint density at radius 2 is 1.74 bits per heavy atom. The van der Waals surface area contributed by atoms with E-state index < -0.39 is 0 Å². The molecular formula is C22H21I. The highest BCUT2D eigenvalue weighted by molar-refractivity contribution is 14.1. The number of fused-ring (bicyclic) bond motifs is 1. The Labute approximate surface area is 152 Å². The molecule has 0 amide bonds. The van der Waals surface area contributed by atoms with E-state index in [0.717, 1.165) is 6.42 Å². The van der Waals surface area contributed by atoms with Crippen LogP contribution >= 0.6 is 22.6 Å². The second-order valence-corrected chi connectivity index (χ2v) is 7.68. The van der Waals surface area contributed by atoms with Crippen LogP contribution in [0.25, 0.3) is 5.57 Å². The zero-order valence-electron chi connectivity index (χ0n) is 13.6. The topological polar surface area (TPSA) is 0 Å². The Hall–Kier alpha value is -1.61. The van der Waals surface area contributed by atoms with E-state index in [-0.39, 0.29) is 5.41 Å². The van der Waals surface area contributed by atoms with Gasteiger partial charge in [0.25, 0.3) is 0 Å². The number of hydrogen-bond donors (Lipinski definition) is 0. The van der Waals surface area contributed by atoms with E-state index in [2.05, 4.69) is 104 Å². The Morgan fingerprint density at radius 3 is 2.43 bits per heavy atom. The fraction of sp³-hybridized carbons (Fsp3) is 0.182. The summed E-state index contributed by atoms with van der Waals surface area (Å²) in [5, 5.41) is 0. The fourth-order valence-electron chi connectivity index (χ4n) is 3.39. The third kappa shape index (κ3) is 3.07. The van der Waals surface area contributed by atoms with Crippen molar-refractivity contribution in [1.29, 1.82) is 0 Å². The van der Waals surface area contributed by atoms with Gasteiger partial charge in [0.05, 0.1) is 0 Å². The maximum Gasteiger partial charge on any atom is 0.0155 e. The first-order valence-electron chi connectivity index (χ1n) is 7.92. The van der Waals surface area contributed by atoms with Crippen molar-refractivity contribution < 1.29 is 0 Å². The first-order valence-corrected chi connectivity index (χ1v) is 9.00. The number of hydrogen-bond acceptors (Lipinski definition) is 0. The van der Waals surface area contributed by atoms with Gasteiger partial charge in [0, 0.05) is 8.99 Å². The SMILES string of the molecule is C=C/C=C1\C(=C/Cc2ccc(I)cc2)C(C)(C)c2ccccc21. The van der Waals surface area contributed by atoms with Crippen LogP contribution in [0.2, 0.25) is 0 Å². The molecule has 0 spiro atoms. The zero-order chi connectivity index (χ0) is 16.4. The molecule has 0 atom stereocenters. The minimum atomic E-state index is 0.0363. The molecule has 0 bridgehead atoms. The van der Waals surface area contributed by atoms with Crippen LogP contribution in [-0.4, -0.2) is 0 Å². The van der Waals surface area contributed by atoms with Gasteiger partial charge in [-0.1, -0.05) is 75.1 Å². The molecule has 23 heavy (non-hydrogen) atoms. The van der Waals surface area contributed by atoms with Crippen molar-refractivity contribution in [2.45, 2.75) is 25.7 Å². The van der Waals surface area contributed by atoms with Gasteiger partial charge in [-0.25, -0.2) is 0 Å². The third-order valence-corrected chi connectivity index (χ3v) is 5.31. The molecule has 3 rings (SSSR count). The van der Waals surface area contributed by atoms with Crippen LogP contribution < -0.4 is 0 Å². The minimum absolute atomic E-state index is 0.0363. The molecule has 116 valence electrons. The van der Waals surface area contributed by atoms with Crippen LogP contribution in [0.5, 0.6) is 0 Å². The van der Waals surface area contributed by atoms with Crippen molar-refractivity contribution in [1.82, 2.24) is 0 Å². The Bertz CT molecular complexity index is 789. The molecule has 2 aromatic rings. The van der Waals surface area contributed by atoms with Crippen LogP contribution in [0, 0.1) is 3.57 Å². The Kier molecular flexibility index (Phi) is 4.58. The first-order chi connectivity index (χ1) is 11.0. The molecule has 0 saturated carbocycles. The maximum atomic E-state index is 3.90. The van der Waals surface area contributed by atoms with E-state index in [1.807, 2.05) is 6.08 Å². The van der Waals surface area contributed by atoms with Gasteiger partial charge in [-0.3, -0.25) is 0 Å². The summed E-state index contributed by atoms with van der Waals surface area (Å²) in [5.74, 6) is 0. The Morgan fingerprint density at radius 1 is 1.04 bits per heavy atom. The molecule has 1 aliphatic rings. The second-order valence-electron chi connectivity index (χ2n) is 6.44. The molecule has 0 aliphatic heterocycles. The number of allylic oxidation sites excluding steroid dienone is 5. The van der Waals surface area contributed by atoms with Gasteiger partial charge in [-0.05, 0) is 69.0 Å². The molecular weight excluding hydrogens is 391 g/mol. The molecule has 0 N–H and O–H groups in total. The van der Waals surface area contributed by atoms with Crippen molar-refractivity contribution in [3.63, 3.8) is 0 Å². The van der Waals surface area contributed by atoms with E-state index >= 15 is 0 Å². The lowest BCUT2D eigenvalue weighted by Crippen LogP contribution is -2.15. The van der Waals surface area contributed by atoms with Gasteiger partial charge < -0.3 is 0 Å². The molecule has 0 fully saturated rings. The average Bonchev–Trinajstić information content (AvgIpc) is 2.76. The summed E-state index contributed by atoms with van der Waals surface area (Å²) in [6, 6.07) is 17.5. The lowest BCUT2D eigenvalue weighted by atomic mass is 9.81. The monoisotopic (exact) mass is 412 g/mol. The maximum absolute atomic E-state index is 3.90. The number of benzene rings is 2. The van der Waals surface area contributed by atoms with Gasteiger partial charge in [0.1, 0.15) is 0 Å². The normalized spacial score (nSPS) is 19.1. The Balaban J connectivity index is 2.03. The molecule has 1 aliphatic carbocycles. The molecule has 0 aromatic heterocycles. The minimum Gasteiger partial charge on any atom is -0.0990 e. The first kappa shape index (κ1) is 16.3. The van der Waals surface area contributed by atoms with Crippen LogP contribution in [0.3, 0.4) is 0 Å². The third-order valence-electron chi connectivity index (χ3n) is 4.59. The van der Waals surface area contributed by atoms with E-state index in [0.29, 0.717) is 0 Å². The average molecular weight is 412 g/mol. The molecule has 0 radical (unpaired) electrons. The summed E-state index contributed by atoms with van der Waals surface area (Å²) in [5.41, 5.74) is 6.84. The van der Waals surface area contributed by atoms with Gasteiger partial charge in [-0.2, -0.15) is 0 Å². The van der Waals surface area contributed by atoms with Gasteiger partial charge in [0.2, 0.25) is 0 Å². The predicted molar refractivity (Wildman–Crippen MR) is 109 cm³/mol. The quantitative estimate of drug-likeness (QED) is 0.518. The van der Waals surface area contributed by atoms with Crippen molar-refractivity contribution in [2.24, 2.45) is 0 Å². The summed E-state index contributed by atoms with van der Waals surface area (Å²) in [6.07, 6.45) is 7.38. The molecule has 2 aromatic carbocycles. The smallest absolute Gasteiger partial charge is 0.0155 e. The highest BCUT2D eigenvalue weighted by atomic mass is 127. The van der Waals surface area contributed by atoms with Crippen LogP contribution in [-0.2, 0) is 11.8 Å². The predicted octanol–water partition coefficient (Wildman–Crippen LogP) is 6.32. The lowest BCUT2D eigenvalue weighted by molar-refractivity contribution is 0.658. The highest BCUT2D eigenvalue weighted by Gasteiger charge is 2.37. The lowest BCUT2D eigenvalue weighted by Gasteiger charge is -2.22. The molecule has 0 heterocycles. The summed E-state index contributed by atoms with van der Waals surface area (Å²) in [6.45, 7) is 8.53. The zero-order valence-corrected chi connectivity index (χ0v) is 15.8. The standard InChI is InChI=1S/C22H21I/c1-4-7-18-19-8-5-6-9-20(19)22(2,3)21(18)15-12-16-10-13-17(23)14-11-16/h4-11,13-15H,1,12H2,2-3H3/b18-7-,21-15+. The van der Waals surface area contributed by atoms with Crippen molar-refractivity contribution >= 4 is 28.2 Å². The summed E-state index contributed by atoms with van der Waals surface area (Å²) < 4.78 is 1.28. The summed E-state index contributed by atoms with van der Waals surface area (Å²) in [4.78, 5) is 0. The van der Waals surface area contributed by atoms with Gasteiger partial charge in [-0.15, -0.1) is 0 Å². The van der Waals surface area contributed by atoms with E-state index in [9.17, 15) is 0 Å². The van der Waals surface area contributed by atoms with Crippen LogP contribution in [0.15, 0.2) is 78.9 Å². The van der Waals surface area contributed by atoms with Crippen LogP contribution in [0.1, 0.15) is 30.5 Å². The fourth-order valence-corrected chi connectivity index (χ4v) is 3.75. The molecule has 0 nitrogen and oxygen atoms in total. The summed E-state index contributed by atoms with van der Waals surface area (Å²) >= 11 is 2.35. The van der Waals surface area contributed by atoms with Crippen LogP contribution in [0.4, 0.5) is 0 Å². The van der Waals surface area contributed by atoms with Gasteiger partial charge in [0.15, 0.2) is 0 Å². The highest BCUT2D eigenvalue weighted by Crippen LogP contribution is 2.49. The molecule has 1 heteroatoms. The van der Waals surface area contributed by atoms with E-state index in [4.69, 9.17) is 0 Å². The molecule has 0 unspecified atom stereocenters. The van der Waals surface area contributed by atoms with Crippen molar-refractivity contribution in [3.05, 3.63) is 99.2 Å². The number of halogens is 1. The van der Waals surface area contributed by atoms with E-state index in [1.54, 1.807) is 0 Å². The van der Waals surface area contributed by atoms with Crippen molar-refractivity contribution in [3.8, 4) is 0 Å². The largest absolute Gasteiger partial charge is 0.0990 e. The van der Waals surface area contributed by atoms with Gasteiger partial charge >= 0.3 is 0 Å².